The summed E-state index contributed by atoms with van der Waals surface area (Å²) >= 11 is 4.78. The van der Waals surface area contributed by atoms with Crippen LogP contribution in [0.3, 0.4) is 0 Å². The number of hydrogen-bond donors (Lipinski definition) is 0. The summed E-state index contributed by atoms with van der Waals surface area (Å²) in [7, 11) is 0. The van der Waals surface area contributed by atoms with Gasteiger partial charge in [0, 0.05) is 32.7 Å². The van der Waals surface area contributed by atoms with Gasteiger partial charge in [-0.25, -0.2) is 4.98 Å². The van der Waals surface area contributed by atoms with E-state index in [0.717, 1.165) is 26.7 Å². The van der Waals surface area contributed by atoms with E-state index in [1.54, 1.807) is 30.4 Å². The average Bonchev–Trinajstić information content (AvgIpc) is 3.16. The number of rotatable bonds is 8. The van der Waals surface area contributed by atoms with E-state index in [-0.39, 0.29) is 18.0 Å². The maximum absolute atomic E-state index is 12.7. The molecule has 0 N–H and O–H groups in total. The van der Waals surface area contributed by atoms with E-state index < -0.39 is 0 Å². The lowest BCUT2D eigenvalue weighted by atomic mass is 10.0. The van der Waals surface area contributed by atoms with Crippen molar-refractivity contribution in [3.63, 3.8) is 0 Å². The van der Waals surface area contributed by atoms with Crippen molar-refractivity contribution in [3.05, 3.63) is 64.0 Å². The maximum atomic E-state index is 12.7. The highest BCUT2D eigenvalue weighted by Crippen LogP contribution is 2.27. The quantitative estimate of drug-likeness (QED) is 0.335. The number of thioether (sulfide) groups is 2. The van der Waals surface area contributed by atoms with Crippen molar-refractivity contribution in [2.24, 2.45) is 0 Å². The van der Waals surface area contributed by atoms with Gasteiger partial charge in [-0.05, 0) is 43.2 Å². The second-order valence-electron chi connectivity index (χ2n) is 6.36. The molecule has 3 rings (SSSR count). The van der Waals surface area contributed by atoms with Gasteiger partial charge in [0.25, 0.3) is 0 Å². The highest BCUT2D eigenvalue weighted by atomic mass is 32.2. The number of ketones is 2. The summed E-state index contributed by atoms with van der Waals surface area (Å²) in [6.07, 6.45) is 4.70. The topological polar surface area (TPSA) is 47.0 Å². The minimum absolute atomic E-state index is 0.0447. The third kappa shape index (κ3) is 5.13. The predicted octanol–water partition coefficient (Wildman–Crippen LogP) is 5.81. The van der Waals surface area contributed by atoms with Crippen LogP contribution < -0.4 is 0 Å². The number of benzene rings is 2. The highest BCUT2D eigenvalue weighted by molar-refractivity contribution is 7.98. The summed E-state index contributed by atoms with van der Waals surface area (Å²) in [6.45, 7) is 1.58. The minimum Gasteiger partial charge on any atom is -0.300 e. The van der Waals surface area contributed by atoms with Crippen LogP contribution in [0, 0.1) is 0 Å². The lowest BCUT2D eigenvalue weighted by Crippen LogP contribution is -2.05. The van der Waals surface area contributed by atoms with E-state index in [2.05, 4.69) is 35.5 Å². The fourth-order valence-corrected chi connectivity index (χ4v) is 4.72. The van der Waals surface area contributed by atoms with E-state index in [4.69, 9.17) is 0 Å². The fourth-order valence-electron chi connectivity index (χ4n) is 2.86. The Kier molecular flexibility index (Phi) is 7.10. The molecule has 2 aromatic carbocycles. The zero-order chi connectivity index (χ0) is 20.1. The minimum atomic E-state index is 0.0447. The first-order chi connectivity index (χ1) is 13.5. The lowest BCUT2D eigenvalue weighted by Gasteiger charge is -2.08. The average molecular weight is 428 g/mol. The molecule has 0 fully saturated rings. The first kappa shape index (κ1) is 20.8. The van der Waals surface area contributed by atoms with Crippen LogP contribution in [0.4, 0.5) is 0 Å². The highest BCUT2D eigenvalue weighted by Gasteiger charge is 2.14. The van der Waals surface area contributed by atoms with Crippen LogP contribution in [0.1, 0.15) is 27.9 Å². The van der Waals surface area contributed by atoms with Crippen LogP contribution in [-0.2, 0) is 17.6 Å². The predicted molar refractivity (Wildman–Crippen MR) is 120 cm³/mol. The van der Waals surface area contributed by atoms with Crippen molar-refractivity contribution in [1.29, 1.82) is 0 Å². The Hall–Kier alpha value is -1.89. The summed E-state index contributed by atoms with van der Waals surface area (Å²) in [4.78, 5) is 31.0. The van der Waals surface area contributed by atoms with Crippen LogP contribution in [-0.4, -0.2) is 29.1 Å². The molecule has 1 aromatic heterocycles. The van der Waals surface area contributed by atoms with E-state index in [9.17, 15) is 9.59 Å². The van der Waals surface area contributed by atoms with Crippen molar-refractivity contribution in [2.75, 3.05) is 12.5 Å². The van der Waals surface area contributed by atoms with Crippen molar-refractivity contribution in [2.45, 2.75) is 29.6 Å². The molecule has 0 bridgehead atoms. The molecule has 0 saturated carbocycles. The van der Waals surface area contributed by atoms with Gasteiger partial charge >= 0.3 is 0 Å². The second kappa shape index (κ2) is 9.54. The molecule has 3 aromatic rings. The largest absolute Gasteiger partial charge is 0.300 e. The third-order valence-electron chi connectivity index (χ3n) is 4.30. The molecular formula is C22H21NO2S3. The van der Waals surface area contributed by atoms with Crippen molar-refractivity contribution < 1.29 is 9.59 Å². The van der Waals surface area contributed by atoms with Gasteiger partial charge in [-0.1, -0.05) is 24.3 Å². The Labute approximate surface area is 178 Å². The van der Waals surface area contributed by atoms with Crippen molar-refractivity contribution in [3.8, 4) is 11.3 Å². The Morgan fingerprint density at radius 1 is 1.00 bits per heavy atom. The number of aromatic nitrogens is 1. The summed E-state index contributed by atoms with van der Waals surface area (Å²) < 4.78 is 0. The number of Topliss-reactive ketones (excluding diaryl/α,β-unsaturated/α-hetero) is 2. The molecule has 0 radical (unpaired) electrons. The number of carbonyl (C=O) groups is 2. The van der Waals surface area contributed by atoms with Gasteiger partial charge < -0.3 is 0 Å². The molecule has 1 heterocycles. The zero-order valence-corrected chi connectivity index (χ0v) is 18.5. The fraction of sp³-hybridized carbons (Fsp3) is 0.227. The molecule has 0 saturated heterocycles. The summed E-state index contributed by atoms with van der Waals surface area (Å²) in [5, 5.41) is 2.81. The first-order valence-electron chi connectivity index (χ1n) is 8.78. The molecule has 0 unspecified atom stereocenters. The zero-order valence-electron chi connectivity index (χ0n) is 16.0. The Bertz CT molecular complexity index is 993. The summed E-state index contributed by atoms with van der Waals surface area (Å²) in [5.74, 6) is 0.165. The van der Waals surface area contributed by atoms with Crippen LogP contribution in [0.5, 0.6) is 0 Å². The monoisotopic (exact) mass is 427 g/mol. The maximum Gasteiger partial charge on any atom is 0.169 e. The van der Waals surface area contributed by atoms with Crippen molar-refractivity contribution in [1.82, 2.24) is 4.98 Å². The smallest absolute Gasteiger partial charge is 0.169 e. The molecule has 28 heavy (non-hydrogen) atoms. The molecule has 3 nitrogen and oxygen atoms in total. The molecule has 144 valence electrons. The Morgan fingerprint density at radius 2 is 1.75 bits per heavy atom. The molecule has 0 aliphatic rings. The molecule has 0 aliphatic carbocycles. The van der Waals surface area contributed by atoms with Gasteiger partial charge in [-0.3, -0.25) is 9.59 Å². The molecule has 0 aliphatic heterocycles. The van der Waals surface area contributed by atoms with E-state index >= 15 is 0 Å². The number of carbonyl (C=O) groups excluding carboxylic acids is 2. The molecule has 0 atom stereocenters. The second-order valence-corrected chi connectivity index (χ2v) is 9.03. The van der Waals surface area contributed by atoms with E-state index in [1.807, 2.05) is 29.8 Å². The number of thiazole rings is 1. The van der Waals surface area contributed by atoms with E-state index in [1.165, 1.54) is 16.2 Å². The van der Waals surface area contributed by atoms with Crippen LogP contribution in [0.15, 0.2) is 57.6 Å². The van der Waals surface area contributed by atoms with Gasteiger partial charge in [-0.15, -0.1) is 34.9 Å². The first-order valence-corrected chi connectivity index (χ1v) is 12.1. The van der Waals surface area contributed by atoms with Crippen LogP contribution in [0.25, 0.3) is 11.3 Å². The lowest BCUT2D eigenvalue weighted by molar-refractivity contribution is -0.116. The van der Waals surface area contributed by atoms with Gasteiger partial charge in [0.2, 0.25) is 0 Å². The van der Waals surface area contributed by atoms with Gasteiger partial charge in [0.1, 0.15) is 10.8 Å². The van der Waals surface area contributed by atoms with Gasteiger partial charge in [0.05, 0.1) is 12.1 Å². The number of nitrogens with zero attached hydrogens (tertiary/aromatic N) is 1. The third-order valence-corrected chi connectivity index (χ3v) is 6.71. The van der Waals surface area contributed by atoms with Gasteiger partial charge in [-0.2, -0.15) is 0 Å². The molecule has 0 amide bonds. The summed E-state index contributed by atoms with van der Waals surface area (Å²) in [5.41, 5.74) is 3.60. The standard InChI is InChI=1S/C22H21NO2S3/c1-14(24)10-17-5-4-16(11-21(17)27-3)20(25)12-22-23-19(13-28-22)15-6-8-18(26-2)9-7-15/h4-9,11,13H,10,12H2,1-3H3. The van der Waals surface area contributed by atoms with Crippen LogP contribution in [0.2, 0.25) is 0 Å². The Morgan fingerprint density at radius 3 is 2.39 bits per heavy atom. The van der Waals surface area contributed by atoms with Crippen molar-refractivity contribution >= 4 is 46.4 Å². The summed E-state index contributed by atoms with van der Waals surface area (Å²) in [6, 6.07) is 13.9. The normalized spacial score (nSPS) is 10.8. The molecule has 0 spiro atoms. The SMILES string of the molecule is CSc1ccc(-c2csc(CC(=O)c3ccc(CC(C)=O)c(SC)c3)n2)cc1. The number of hydrogen-bond acceptors (Lipinski definition) is 6. The Balaban J connectivity index is 1.74. The van der Waals surface area contributed by atoms with E-state index in [0.29, 0.717) is 12.0 Å². The van der Waals surface area contributed by atoms with Gasteiger partial charge in [0.15, 0.2) is 5.78 Å². The molecular weight excluding hydrogens is 406 g/mol. The molecule has 6 heteroatoms. The van der Waals surface area contributed by atoms with Crippen LogP contribution >= 0.6 is 34.9 Å².